The van der Waals surface area contributed by atoms with Gasteiger partial charge < -0.3 is 10.5 Å². The number of ether oxygens (including phenoxy) is 1. The first kappa shape index (κ1) is 16.2. The number of aromatic nitrogens is 2. The third kappa shape index (κ3) is 5.33. The minimum Gasteiger partial charge on any atom is -0.372 e. The van der Waals surface area contributed by atoms with E-state index in [1.54, 1.807) is 4.68 Å². The zero-order valence-corrected chi connectivity index (χ0v) is 12.8. The van der Waals surface area contributed by atoms with Crippen LogP contribution in [0, 0.1) is 5.92 Å². The average Bonchev–Trinajstić information content (AvgIpc) is 2.79. The summed E-state index contributed by atoms with van der Waals surface area (Å²) < 4.78 is 7.87. The maximum atomic E-state index is 6.07. The standard InChI is InChI=1S/C15H29N3O/c1-5-7-8-13(6-2)11-19-15(12(3)16)14-9-17-18(4)10-14/h9-10,12-13,15H,5-8,11,16H2,1-4H3. The number of aryl methyl sites for hydroxylation is 1. The van der Waals surface area contributed by atoms with Crippen LogP contribution in [0.25, 0.3) is 0 Å². The summed E-state index contributed by atoms with van der Waals surface area (Å²) in [6.45, 7) is 7.24. The molecule has 110 valence electrons. The lowest BCUT2D eigenvalue weighted by Crippen LogP contribution is -2.28. The Labute approximate surface area is 117 Å². The van der Waals surface area contributed by atoms with E-state index in [0.717, 1.165) is 12.2 Å². The number of hydrogen-bond acceptors (Lipinski definition) is 3. The van der Waals surface area contributed by atoms with Gasteiger partial charge in [-0.1, -0.05) is 33.1 Å². The predicted molar refractivity (Wildman–Crippen MR) is 78.9 cm³/mol. The van der Waals surface area contributed by atoms with Crippen molar-refractivity contribution in [2.45, 2.75) is 58.6 Å². The van der Waals surface area contributed by atoms with E-state index in [4.69, 9.17) is 10.5 Å². The van der Waals surface area contributed by atoms with Crippen LogP contribution in [0.3, 0.4) is 0 Å². The highest BCUT2D eigenvalue weighted by Gasteiger charge is 2.20. The normalized spacial score (nSPS) is 16.3. The van der Waals surface area contributed by atoms with Crippen LogP contribution in [0.5, 0.6) is 0 Å². The van der Waals surface area contributed by atoms with Gasteiger partial charge in [0.15, 0.2) is 0 Å². The van der Waals surface area contributed by atoms with E-state index in [2.05, 4.69) is 18.9 Å². The topological polar surface area (TPSA) is 53.1 Å². The van der Waals surface area contributed by atoms with E-state index in [0.29, 0.717) is 5.92 Å². The molecule has 4 heteroatoms. The summed E-state index contributed by atoms with van der Waals surface area (Å²) in [7, 11) is 1.91. The minimum absolute atomic E-state index is 0.0205. The summed E-state index contributed by atoms with van der Waals surface area (Å²) in [4.78, 5) is 0. The summed E-state index contributed by atoms with van der Waals surface area (Å²) in [6.07, 6.45) is 8.71. The fourth-order valence-electron chi connectivity index (χ4n) is 2.28. The fourth-order valence-corrected chi connectivity index (χ4v) is 2.28. The van der Waals surface area contributed by atoms with Crippen LogP contribution in [-0.2, 0) is 11.8 Å². The lowest BCUT2D eigenvalue weighted by Gasteiger charge is -2.23. The molecule has 0 spiro atoms. The molecule has 0 bridgehead atoms. The summed E-state index contributed by atoms with van der Waals surface area (Å²) in [5.41, 5.74) is 7.12. The van der Waals surface area contributed by atoms with Crippen molar-refractivity contribution in [3.63, 3.8) is 0 Å². The number of nitrogens with zero attached hydrogens (tertiary/aromatic N) is 2. The second kappa shape index (κ2) is 8.33. The summed E-state index contributed by atoms with van der Waals surface area (Å²) in [5.74, 6) is 0.637. The summed E-state index contributed by atoms with van der Waals surface area (Å²) in [5, 5.41) is 4.20. The maximum absolute atomic E-state index is 6.07. The van der Waals surface area contributed by atoms with Crippen LogP contribution in [0.4, 0.5) is 0 Å². The number of nitrogens with two attached hydrogens (primary N) is 1. The quantitative estimate of drug-likeness (QED) is 0.748. The van der Waals surface area contributed by atoms with Crippen molar-refractivity contribution in [2.75, 3.05) is 6.61 Å². The average molecular weight is 267 g/mol. The Kier molecular flexibility index (Phi) is 7.10. The Morgan fingerprint density at radius 3 is 2.63 bits per heavy atom. The first-order valence-electron chi connectivity index (χ1n) is 7.44. The highest BCUT2D eigenvalue weighted by atomic mass is 16.5. The molecule has 0 saturated heterocycles. The van der Waals surface area contributed by atoms with E-state index in [-0.39, 0.29) is 12.1 Å². The highest BCUT2D eigenvalue weighted by Crippen LogP contribution is 2.22. The summed E-state index contributed by atoms with van der Waals surface area (Å²) in [6, 6.07) is -0.0205. The molecule has 0 radical (unpaired) electrons. The molecule has 1 rings (SSSR count). The van der Waals surface area contributed by atoms with Gasteiger partial charge in [0, 0.05) is 24.8 Å². The van der Waals surface area contributed by atoms with Gasteiger partial charge in [-0.2, -0.15) is 5.10 Å². The molecule has 1 aromatic rings. The van der Waals surface area contributed by atoms with Gasteiger partial charge in [0.05, 0.1) is 12.8 Å². The zero-order valence-electron chi connectivity index (χ0n) is 12.8. The van der Waals surface area contributed by atoms with Gasteiger partial charge in [-0.25, -0.2) is 0 Å². The fraction of sp³-hybridized carbons (Fsp3) is 0.800. The van der Waals surface area contributed by atoms with E-state index in [1.807, 2.05) is 26.4 Å². The second-order valence-electron chi connectivity index (χ2n) is 5.48. The lowest BCUT2D eigenvalue weighted by atomic mass is 10.00. The van der Waals surface area contributed by atoms with Crippen LogP contribution < -0.4 is 5.73 Å². The molecule has 0 aliphatic rings. The zero-order chi connectivity index (χ0) is 14.3. The van der Waals surface area contributed by atoms with E-state index >= 15 is 0 Å². The van der Waals surface area contributed by atoms with Crippen molar-refractivity contribution < 1.29 is 4.74 Å². The molecule has 0 amide bonds. The number of unbranched alkanes of at least 4 members (excludes halogenated alkanes) is 1. The van der Waals surface area contributed by atoms with Crippen LogP contribution >= 0.6 is 0 Å². The lowest BCUT2D eigenvalue weighted by molar-refractivity contribution is 0.0127. The van der Waals surface area contributed by atoms with Crippen LogP contribution in [-0.4, -0.2) is 22.4 Å². The van der Waals surface area contributed by atoms with E-state index in [9.17, 15) is 0 Å². The maximum Gasteiger partial charge on any atom is 0.100 e. The second-order valence-corrected chi connectivity index (χ2v) is 5.48. The molecule has 0 aromatic carbocycles. The van der Waals surface area contributed by atoms with E-state index in [1.165, 1.54) is 25.7 Å². The monoisotopic (exact) mass is 267 g/mol. The third-order valence-corrected chi connectivity index (χ3v) is 3.59. The van der Waals surface area contributed by atoms with Gasteiger partial charge in [0.2, 0.25) is 0 Å². The molecule has 4 nitrogen and oxygen atoms in total. The van der Waals surface area contributed by atoms with Crippen molar-refractivity contribution in [1.29, 1.82) is 0 Å². The van der Waals surface area contributed by atoms with Crippen LogP contribution in [0.15, 0.2) is 12.4 Å². The molecule has 0 saturated carbocycles. The highest BCUT2D eigenvalue weighted by molar-refractivity contribution is 5.10. The Balaban J connectivity index is 2.54. The number of rotatable bonds is 9. The van der Waals surface area contributed by atoms with Crippen LogP contribution in [0.2, 0.25) is 0 Å². The molecule has 0 aliphatic carbocycles. The van der Waals surface area contributed by atoms with Gasteiger partial charge in [-0.3, -0.25) is 4.68 Å². The van der Waals surface area contributed by atoms with Gasteiger partial charge in [-0.15, -0.1) is 0 Å². The van der Waals surface area contributed by atoms with Crippen LogP contribution in [0.1, 0.15) is 58.1 Å². The van der Waals surface area contributed by atoms with Gasteiger partial charge in [0.25, 0.3) is 0 Å². The third-order valence-electron chi connectivity index (χ3n) is 3.59. The molecule has 19 heavy (non-hydrogen) atoms. The summed E-state index contributed by atoms with van der Waals surface area (Å²) >= 11 is 0. The molecule has 2 N–H and O–H groups in total. The minimum atomic E-state index is -0.0515. The molecular weight excluding hydrogens is 238 g/mol. The molecule has 1 aromatic heterocycles. The molecule has 1 heterocycles. The predicted octanol–water partition coefficient (Wildman–Crippen LogP) is 3.04. The smallest absolute Gasteiger partial charge is 0.100 e. The molecule has 3 unspecified atom stereocenters. The molecule has 3 atom stereocenters. The Hall–Kier alpha value is -0.870. The Morgan fingerprint density at radius 1 is 1.42 bits per heavy atom. The first-order valence-corrected chi connectivity index (χ1v) is 7.44. The molecule has 0 fully saturated rings. The molecule has 0 aliphatic heterocycles. The Bertz CT molecular complexity index is 349. The van der Waals surface area contributed by atoms with Gasteiger partial charge in [0.1, 0.15) is 6.10 Å². The SMILES string of the molecule is CCCCC(CC)COC(c1cnn(C)c1)C(C)N. The van der Waals surface area contributed by atoms with Crippen molar-refractivity contribution in [3.8, 4) is 0 Å². The van der Waals surface area contributed by atoms with Crippen molar-refractivity contribution in [3.05, 3.63) is 18.0 Å². The van der Waals surface area contributed by atoms with Gasteiger partial charge >= 0.3 is 0 Å². The van der Waals surface area contributed by atoms with Gasteiger partial charge in [-0.05, 0) is 19.3 Å². The largest absolute Gasteiger partial charge is 0.372 e. The first-order chi connectivity index (χ1) is 9.08. The van der Waals surface area contributed by atoms with Crippen molar-refractivity contribution in [2.24, 2.45) is 18.7 Å². The number of hydrogen-bond donors (Lipinski definition) is 1. The Morgan fingerprint density at radius 2 is 2.16 bits per heavy atom. The molecular formula is C15H29N3O. The van der Waals surface area contributed by atoms with Crippen molar-refractivity contribution in [1.82, 2.24) is 9.78 Å². The van der Waals surface area contributed by atoms with Crippen molar-refractivity contribution >= 4 is 0 Å². The van der Waals surface area contributed by atoms with E-state index < -0.39 is 0 Å².